The fourth-order valence-electron chi connectivity index (χ4n) is 9.73. The highest BCUT2D eigenvalue weighted by atomic mass is 31.2. The molecule has 1 amide bonds. The predicted molar refractivity (Wildman–Crippen MR) is 326 cm³/mol. The average molecular weight is 1090 g/mol. The third-order valence-electron chi connectivity index (χ3n) is 14.8. The van der Waals surface area contributed by atoms with Crippen molar-refractivity contribution in [3.63, 3.8) is 0 Å². The number of quaternary nitrogens is 1. The zero-order valence-electron chi connectivity index (χ0n) is 51.2. The summed E-state index contributed by atoms with van der Waals surface area (Å²) in [6, 6.07) is -0.887. The minimum absolute atomic E-state index is 0.0207. The maximum atomic E-state index is 13.5. The lowest BCUT2D eigenvalue weighted by atomic mass is 10.0. The number of nitrogens with one attached hydrogen (secondary N) is 1. The molecule has 0 aromatic rings. The number of hydrogen-bond acceptors (Lipinski definition) is 7. The Bertz CT molecular complexity index is 1400. The second kappa shape index (κ2) is 56.5. The first kappa shape index (κ1) is 74.2. The van der Waals surface area contributed by atoms with E-state index in [1.165, 1.54) is 212 Å². The quantitative estimate of drug-likeness (QED) is 0.0212. The van der Waals surface area contributed by atoms with Crippen molar-refractivity contribution in [1.82, 2.24) is 5.32 Å². The summed E-state index contributed by atoms with van der Waals surface area (Å²) in [5.74, 6) is -0.530. The number of carbonyl (C=O) groups excluding carboxylic acids is 2. The van der Waals surface area contributed by atoms with Crippen molar-refractivity contribution >= 4 is 19.7 Å². The highest BCUT2D eigenvalue weighted by Gasteiger charge is 2.27. The molecule has 448 valence electrons. The van der Waals surface area contributed by atoms with Gasteiger partial charge in [-0.1, -0.05) is 282 Å². The summed E-state index contributed by atoms with van der Waals surface area (Å²) in [6.07, 6.45) is 68.2. The van der Waals surface area contributed by atoms with E-state index in [0.29, 0.717) is 17.4 Å². The highest BCUT2D eigenvalue weighted by molar-refractivity contribution is 7.45. The summed E-state index contributed by atoms with van der Waals surface area (Å²) in [5, 5.41) is 3.04. The van der Waals surface area contributed by atoms with Crippen molar-refractivity contribution < 1.29 is 37.3 Å². The van der Waals surface area contributed by atoms with Crippen LogP contribution in [-0.4, -0.2) is 69.4 Å². The van der Waals surface area contributed by atoms with Crippen LogP contribution in [0.4, 0.5) is 0 Å². The van der Waals surface area contributed by atoms with Gasteiger partial charge in [0.15, 0.2) is 0 Å². The van der Waals surface area contributed by atoms with Gasteiger partial charge in [0.05, 0.1) is 33.8 Å². The lowest BCUT2D eigenvalue weighted by molar-refractivity contribution is -0.870. The molecule has 0 aromatic heterocycles. The fourth-order valence-corrected chi connectivity index (χ4v) is 10.5. The number of rotatable bonds is 60. The molecular weight excluding hydrogens is 964 g/mol. The molecule has 0 aliphatic rings. The maximum absolute atomic E-state index is 13.5. The Kier molecular flexibility index (Phi) is 55.2. The summed E-state index contributed by atoms with van der Waals surface area (Å²) in [4.78, 5) is 40.0. The van der Waals surface area contributed by atoms with Crippen molar-refractivity contribution in [2.75, 3.05) is 40.9 Å². The molecule has 76 heavy (non-hydrogen) atoms. The smallest absolute Gasteiger partial charge is 0.306 e. The van der Waals surface area contributed by atoms with Gasteiger partial charge in [0.2, 0.25) is 5.91 Å². The van der Waals surface area contributed by atoms with Crippen LogP contribution in [-0.2, 0) is 27.9 Å². The number of amides is 1. The van der Waals surface area contributed by atoms with Crippen LogP contribution >= 0.6 is 7.82 Å². The molecule has 3 unspecified atom stereocenters. The molecule has 3 atom stereocenters. The van der Waals surface area contributed by atoms with Crippen molar-refractivity contribution in [3.8, 4) is 0 Å². The van der Waals surface area contributed by atoms with Gasteiger partial charge in [-0.3, -0.25) is 14.2 Å². The number of carbonyl (C=O) groups is 2. The van der Waals surface area contributed by atoms with Crippen molar-refractivity contribution in [2.45, 2.75) is 335 Å². The second-order valence-electron chi connectivity index (χ2n) is 23.6. The van der Waals surface area contributed by atoms with Crippen LogP contribution in [0.2, 0.25) is 0 Å². The Balaban J connectivity index is 5.17. The molecule has 0 saturated carbocycles. The molecule has 0 aromatic carbocycles. The first-order chi connectivity index (χ1) is 36.9. The number of hydrogen-bond donors (Lipinski definition) is 1. The van der Waals surface area contributed by atoms with Crippen LogP contribution in [0.5, 0.6) is 0 Å². The molecule has 1 N–H and O–H groups in total. The molecule has 0 aliphatic heterocycles. The second-order valence-corrected chi connectivity index (χ2v) is 25.0. The molecule has 0 rings (SSSR count). The molecule has 9 nitrogen and oxygen atoms in total. The van der Waals surface area contributed by atoms with E-state index in [0.717, 1.165) is 77.0 Å². The molecule has 0 spiro atoms. The van der Waals surface area contributed by atoms with Gasteiger partial charge in [0, 0.05) is 12.8 Å². The van der Waals surface area contributed by atoms with Crippen LogP contribution in [0.15, 0.2) is 36.5 Å². The molecule has 0 saturated heterocycles. The standard InChI is InChI=1S/C66H127N2O7P/c1-7-10-13-16-19-22-25-28-30-32-34-36-38-40-43-46-49-52-55-58-65(69)67-63(62-74-76(71,72)73-61-60-68(4,5)6)64(57-54-51-48-45-42-27-24-21-18-15-12-9-3)75-66(70)59-56-53-50-47-44-41-39-37-35-33-31-29-26-23-20-17-14-11-8-2/h19,22,28,30,54,57,63-64H,7-18,20-21,23-27,29,31-53,55-56,58-62H2,1-6H3,(H-,67,69,71,72)/b22-19-,30-28-,57-54+. The van der Waals surface area contributed by atoms with Gasteiger partial charge in [-0.25, -0.2) is 0 Å². The van der Waals surface area contributed by atoms with E-state index in [4.69, 9.17) is 13.8 Å². The number of phosphoric acid groups is 1. The Hall–Kier alpha value is -1.77. The predicted octanol–water partition coefficient (Wildman–Crippen LogP) is 19.7. The Morgan fingerprint density at radius 2 is 0.803 bits per heavy atom. The number of allylic oxidation sites excluding steroid dienone is 5. The zero-order valence-corrected chi connectivity index (χ0v) is 52.1. The van der Waals surface area contributed by atoms with E-state index >= 15 is 0 Å². The van der Waals surface area contributed by atoms with Gasteiger partial charge in [0.1, 0.15) is 19.3 Å². The maximum Gasteiger partial charge on any atom is 0.306 e. The zero-order chi connectivity index (χ0) is 55.7. The number of nitrogens with zero attached hydrogens (tertiary/aromatic N) is 1. The number of phosphoric ester groups is 1. The lowest BCUT2D eigenvalue weighted by Crippen LogP contribution is -2.47. The lowest BCUT2D eigenvalue weighted by Gasteiger charge is -2.30. The molecule has 0 radical (unpaired) electrons. The highest BCUT2D eigenvalue weighted by Crippen LogP contribution is 2.38. The third-order valence-corrected chi connectivity index (χ3v) is 15.8. The number of likely N-dealkylation sites (N-methyl/N-ethyl adjacent to an activating group) is 1. The minimum atomic E-state index is -4.70. The molecule has 10 heteroatoms. The monoisotopic (exact) mass is 1090 g/mol. The summed E-state index contributed by atoms with van der Waals surface area (Å²) < 4.78 is 30.4. The molecule has 0 aliphatic carbocycles. The van der Waals surface area contributed by atoms with E-state index in [1.807, 2.05) is 33.3 Å². The number of esters is 1. The topological polar surface area (TPSA) is 114 Å². The molecular formula is C66H127N2O7P. The van der Waals surface area contributed by atoms with E-state index in [-0.39, 0.29) is 31.5 Å². The number of ether oxygens (including phenoxy) is 1. The minimum Gasteiger partial charge on any atom is -0.756 e. The van der Waals surface area contributed by atoms with Gasteiger partial charge in [-0.15, -0.1) is 0 Å². The summed E-state index contributed by atoms with van der Waals surface area (Å²) in [5.41, 5.74) is 0. The summed E-state index contributed by atoms with van der Waals surface area (Å²) in [7, 11) is 1.19. The van der Waals surface area contributed by atoms with Crippen LogP contribution < -0.4 is 10.2 Å². The van der Waals surface area contributed by atoms with Crippen LogP contribution in [0.3, 0.4) is 0 Å². The van der Waals surface area contributed by atoms with Crippen LogP contribution in [0, 0.1) is 0 Å². The van der Waals surface area contributed by atoms with Crippen LogP contribution in [0.25, 0.3) is 0 Å². The van der Waals surface area contributed by atoms with Gasteiger partial charge in [-0.2, -0.15) is 0 Å². The summed E-state index contributed by atoms with van der Waals surface area (Å²) in [6.45, 7) is 6.86. The van der Waals surface area contributed by atoms with E-state index in [2.05, 4.69) is 50.4 Å². The Labute approximate surface area is 472 Å². The largest absolute Gasteiger partial charge is 0.756 e. The number of unbranched alkanes of at least 4 members (excludes halogenated alkanes) is 40. The van der Waals surface area contributed by atoms with Gasteiger partial charge < -0.3 is 28.5 Å². The van der Waals surface area contributed by atoms with Gasteiger partial charge >= 0.3 is 5.97 Å². The van der Waals surface area contributed by atoms with E-state index in [9.17, 15) is 19.0 Å². The first-order valence-electron chi connectivity index (χ1n) is 32.8. The van der Waals surface area contributed by atoms with Crippen LogP contribution in [0.1, 0.15) is 323 Å². The van der Waals surface area contributed by atoms with Crippen molar-refractivity contribution in [3.05, 3.63) is 36.5 Å². The summed E-state index contributed by atoms with van der Waals surface area (Å²) >= 11 is 0. The molecule has 0 heterocycles. The molecule has 0 fully saturated rings. The SMILES string of the molecule is CCCCC/C=C\C/C=C\CCCCCCCCCCCC(=O)NC(COP(=O)([O-])OCC[N+](C)(C)C)C(/C=C/CCCCCCCCCCCC)OC(=O)CCCCCCCCCCCCCCCCCCCCC. The normalized spacial score (nSPS) is 13.8. The van der Waals surface area contributed by atoms with Crippen molar-refractivity contribution in [2.24, 2.45) is 0 Å². The molecule has 0 bridgehead atoms. The van der Waals surface area contributed by atoms with E-state index < -0.39 is 20.0 Å². The Morgan fingerprint density at radius 3 is 1.21 bits per heavy atom. The average Bonchev–Trinajstić information content (AvgIpc) is 3.38. The fraction of sp³-hybridized carbons (Fsp3) is 0.879. The van der Waals surface area contributed by atoms with Crippen molar-refractivity contribution in [1.29, 1.82) is 0 Å². The van der Waals surface area contributed by atoms with E-state index in [1.54, 1.807) is 0 Å². The Morgan fingerprint density at radius 1 is 0.461 bits per heavy atom. The first-order valence-corrected chi connectivity index (χ1v) is 34.3. The third kappa shape index (κ3) is 56.9. The van der Waals surface area contributed by atoms with Gasteiger partial charge in [0.25, 0.3) is 7.82 Å². The van der Waals surface area contributed by atoms with Gasteiger partial charge in [-0.05, 0) is 63.9 Å².